The summed E-state index contributed by atoms with van der Waals surface area (Å²) in [6.07, 6.45) is 4.40. The van der Waals surface area contributed by atoms with Gasteiger partial charge in [0.1, 0.15) is 0 Å². The molecule has 1 aromatic carbocycles. The third-order valence-electron chi connectivity index (χ3n) is 6.58. The van der Waals surface area contributed by atoms with Crippen molar-refractivity contribution in [3.63, 3.8) is 0 Å². The molecule has 0 amide bonds. The van der Waals surface area contributed by atoms with Crippen molar-refractivity contribution in [1.82, 2.24) is 9.80 Å². The number of nitrogens with zero attached hydrogens (tertiary/aromatic N) is 2. The first-order chi connectivity index (χ1) is 13.2. The molecule has 5 heteroatoms. The lowest BCUT2D eigenvalue weighted by Gasteiger charge is -2.49. The van der Waals surface area contributed by atoms with Crippen LogP contribution in [0.3, 0.4) is 0 Å². The lowest BCUT2D eigenvalue weighted by Crippen LogP contribution is -2.57. The molecule has 152 valence electrons. The third-order valence-corrected chi connectivity index (χ3v) is 6.58. The van der Waals surface area contributed by atoms with Gasteiger partial charge in [0.05, 0.1) is 12.7 Å². The minimum absolute atomic E-state index is 0.0568. The number of benzene rings is 1. The Morgan fingerprint density at radius 2 is 1.85 bits per heavy atom. The highest BCUT2D eigenvalue weighted by Gasteiger charge is 2.43. The number of aliphatic hydroxyl groups excluding tert-OH is 2. The Morgan fingerprint density at radius 1 is 1.11 bits per heavy atom. The Balaban J connectivity index is 1.52. The molecule has 2 aliphatic rings. The van der Waals surface area contributed by atoms with Gasteiger partial charge < -0.3 is 14.9 Å². The van der Waals surface area contributed by atoms with E-state index in [1.165, 1.54) is 18.4 Å². The van der Waals surface area contributed by atoms with Crippen molar-refractivity contribution >= 4 is 0 Å². The minimum Gasteiger partial charge on any atom is -0.396 e. The highest BCUT2D eigenvalue weighted by molar-refractivity contribution is 5.14. The van der Waals surface area contributed by atoms with Gasteiger partial charge in [-0.05, 0) is 50.8 Å². The van der Waals surface area contributed by atoms with Gasteiger partial charge in [-0.3, -0.25) is 9.80 Å². The van der Waals surface area contributed by atoms with Crippen LogP contribution < -0.4 is 0 Å². The molecule has 0 bridgehead atoms. The summed E-state index contributed by atoms with van der Waals surface area (Å²) in [6.45, 7) is 5.76. The van der Waals surface area contributed by atoms with E-state index < -0.39 is 11.5 Å². The molecule has 2 aliphatic heterocycles. The van der Waals surface area contributed by atoms with Crippen LogP contribution in [0.25, 0.3) is 0 Å². The zero-order valence-electron chi connectivity index (χ0n) is 16.7. The zero-order valence-corrected chi connectivity index (χ0v) is 16.7. The molecule has 5 nitrogen and oxygen atoms in total. The number of likely N-dealkylation sites (tertiary alicyclic amines) is 2. The van der Waals surface area contributed by atoms with E-state index in [0.717, 1.165) is 52.0 Å². The van der Waals surface area contributed by atoms with Gasteiger partial charge in [0, 0.05) is 44.8 Å². The van der Waals surface area contributed by atoms with Gasteiger partial charge in [-0.25, -0.2) is 0 Å². The van der Waals surface area contributed by atoms with E-state index in [1.54, 1.807) is 7.11 Å². The maximum atomic E-state index is 10.6. The number of piperidine rings is 2. The summed E-state index contributed by atoms with van der Waals surface area (Å²) in [4.78, 5) is 5.08. The molecule has 2 saturated heterocycles. The molecule has 0 unspecified atom stereocenters. The predicted molar refractivity (Wildman–Crippen MR) is 108 cm³/mol. The average molecular weight is 377 g/mol. The molecule has 0 aromatic heterocycles. The average Bonchev–Trinajstić information content (AvgIpc) is 2.71. The van der Waals surface area contributed by atoms with Gasteiger partial charge in [0.2, 0.25) is 0 Å². The van der Waals surface area contributed by atoms with Crippen molar-refractivity contribution in [2.45, 2.75) is 50.8 Å². The smallest absolute Gasteiger partial charge is 0.0642 e. The standard InChI is InChI=1S/C22H36N2O3/c1-27-15-5-11-22(18-25)17-24(14-10-21(22)26)20-8-12-23(13-9-20)16-19-6-3-2-4-7-19/h2-4,6-7,20-21,25-26H,5,8-18H2,1H3/t21-,22+/m1/s1. The van der Waals surface area contributed by atoms with Crippen LogP contribution in [-0.2, 0) is 11.3 Å². The first-order valence-corrected chi connectivity index (χ1v) is 10.4. The molecule has 0 radical (unpaired) electrons. The first kappa shape index (κ1) is 20.7. The SMILES string of the molecule is COCCC[C@@]1(CO)CN(C2CCN(Cc3ccccc3)CC2)CC[C@H]1O. The minimum atomic E-state index is -0.409. The van der Waals surface area contributed by atoms with Crippen molar-refractivity contribution in [3.8, 4) is 0 Å². The lowest BCUT2D eigenvalue weighted by molar-refractivity contribution is -0.0961. The van der Waals surface area contributed by atoms with E-state index >= 15 is 0 Å². The van der Waals surface area contributed by atoms with Crippen LogP contribution in [0.1, 0.15) is 37.7 Å². The summed E-state index contributed by atoms with van der Waals surface area (Å²) in [5.41, 5.74) is 0.993. The fourth-order valence-electron chi connectivity index (χ4n) is 4.83. The van der Waals surface area contributed by atoms with Gasteiger partial charge in [-0.1, -0.05) is 30.3 Å². The summed E-state index contributed by atoms with van der Waals surface area (Å²) in [6, 6.07) is 11.3. The van der Waals surface area contributed by atoms with E-state index in [0.29, 0.717) is 12.6 Å². The zero-order chi connectivity index (χ0) is 19.1. The summed E-state index contributed by atoms with van der Waals surface area (Å²) >= 11 is 0. The summed E-state index contributed by atoms with van der Waals surface area (Å²) in [5.74, 6) is 0. The van der Waals surface area contributed by atoms with Crippen molar-refractivity contribution in [2.75, 3.05) is 46.5 Å². The lowest BCUT2D eigenvalue weighted by atomic mass is 9.74. The quantitative estimate of drug-likeness (QED) is 0.681. The molecule has 27 heavy (non-hydrogen) atoms. The highest BCUT2D eigenvalue weighted by atomic mass is 16.5. The largest absolute Gasteiger partial charge is 0.396 e. The molecule has 2 N–H and O–H groups in total. The second kappa shape index (κ2) is 9.99. The van der Waals surface area contributed by atoms with Crippen LogP contribution in [0, 0.1) is 5.41 Å². The number of aliphatic hydroxyl groups is 2. The number of methoxy groups -OCH3 is 1. The molecular weight excluding hydrogens is 340 g/mol. The Bertz CT molecular complexity index is 548. The molecule has 0 aliphatic carbocycles. The van der Waals surface area contributed by atoms with Crippen LogP contribution >= 0.6 is 0 Å². The van der Waals surface area contributed by atoms with Crippen LogP contribution in [0.15, 0.2) is 30.3 Å². The van der Waals surface area contributed by atoms with E-state index in [4.69, 9.17) is 4.74 Å². The predicted octanol–water partition coefficient (Wildman–Crippen LogP) is 2.12. The molecule has 3 rings (SSSR count). The molecule has 0 saturated carbocycles. The second-order valence-electron chi connectivity index (χ2n) is 8.38. The van der Waals surface area contributed by atoms with Gasteiger partial charge >= 0.3 is 0 Å². The van der Waals surface area contributed by atoms with Crippen LogP contribution in [0.4, 0.5) is 0 Å². The Hall–Kier alpha value is -0.980. The number of hydrogen-bond donors (Lipinski definition) is 2. The maximum Gasteiger partial charge on any atom is 0.0642 e. The summed E-state index contributed by atoms with van der Waals surface area (Å²) in [5, 5.41) is 20.7. The molecular formula is C22H36N2O3. The van der Waals surface area contributed by atoms with Crippen LogP contribution in [0.2, 0.25) is 0 Å². The topological polar surface area (TPSA) is 56.2 Å². The maximum absolute atomic E-state index is 10.6. The fraction of sp³-hybridized carbons (Fsp3) is 0.727. The van der Waals surface area contributed by atoms with Gasteiger partial charge in [0.25, 0.3) is 0 Å². The number of rotatable bonds is 8. The van der Waals surface area contributed by atoms with Crippen LogP contribution in [0.5, 0.6) is 0 Å². The van der Waals surface area contributed by atoms with Crippen LogP contribution in [-0.4, -0.2) is 78.7 Å². The normalized spacial score (nSPS) is 28.5. The van der Waals surface area contributed by atoms with Crippen molar-refractivity contribution in [1.29, 1.82) is 0 Å². The van der Waals surface area contributed by atoms with Gasteiger partial charge in [-0.2, -0.15) is 0 Å². The molecule has 2 fully saturated rings. The van der Waals surface area contributed by atoms with Crippen molar-refractivity contribution < 1.29 is 14.9 Å². The molecule has 2 atom stereocenters. The van der Waals surface area contributed by atoms with Crippen molar-refractivity contribution in [3.05, 3.63) is 35.9 Å². The third kappa shape index (κ3) is 5.30. The molecule has 0 spiro atoms. The Kier molecular flexibility index (Phi) is 7.67. The highest BCUT2D eigenvalue weighted by Crippen LogP contribution is 2.36. The number of ether oxygens (including phenoxy) is 1. The number of hydrogen-bond acceptors (Lipinski definition) is 5. The van der Waals surface area contributed by atoms with E-state index in [2.05, 4.69) is 40.1 Å². The molecule has 2 heterocycles. The molecule has 1 aromatic rings. The van der Waals surface area contributed by atoms with Gasteiger partial charge in [-0.15, -0.1) is 0 Å². The van der Waals surface area contributed by atoms with E-state index in [9.17, 15) is 10.2 Å². The van der Waals surface area contributed by atoms with Crippen molar-refractivity contribution in [2.24, 2.45) is 5.41 Å². The van der Waals surface area contributed by atoms with Gasteiger partial charge in [0.15, 0.2) is 0 Å². The Labute approximate surface area is 163 Å². The first-order valence-electron chi connectivity index (χ1n) is 10.4. The fourth-order valence-corrected chi connectivity index (χ4v) is 4.83. The monoisotopic (exact) mass is 376 g/mol. The summed E-state index contributed by atoms with van der Waals surface area (Å²) in [7, 11) is 1.71. The second-order valence-corrected chi connectivity index (χ2v) is 8.38. The van der Waals surface area contributed by atoms with E-state index in [-0.39, 0.29) is 6.61 Å². The van der Waals surface area contributed by atoms with E-state index in [1.807, 2.05) is 0 Å². The summed E-state index contributed by atoms with van der Waals surface area (Å²) < 4.78 is 5.18. The Morgan fingerprint density at radius 3 is 2.52 bits per heavy atom.